The van der Waals surface area contributed by atoms with Gasteiger partial charge in [-0.05, 0) is 43.7 Å². The molecule has 3 aliphatic rings. The summed E-state index contributed by atoms with van der Waals surface area (Å²) in [5.41, 5.74) is 2.80. The number of carbonyl (C=O) groups is 3. The number of ether oxygens (including phenoxy) is 1. The van der Waals surface area contributed by atoms with Crippen molar-refractivity contribution in [1.82, 2.24) is 14.9 Å². The molecule has 0 unspecified atom stereocenters. The van der Waals surface area contributed by atoms with Gasteiger partial charge < -0.3 is 15.0 Å². The maximum Gasteiger partial charge on any atom is 0.328 e. The van der Waals surface area contributed by atoms with Crippen LogP contribution in [0, 0.1) is 11.3 Å². The Morgan fingerprint density at radius 1 is 1.21 bits per heavy atom. The highest BCUT2D eigenvalue weighted by molar-refractivity contribution is 6.02. The molecule has 11 heteroatoms. The molecule has 198 valence electrons. The number of nitrogens with zero attached hydrogens (tertiary/aromatic N) is 5. The smallest absolute Gasteiger partial charge is 0.328 e. The molecule has 0 atom stereocenters. The Labute approximate surface area is 221 Å². The number of pyridine rings is 2. The number of nitrogens with one attached hydrogen (secondary N) is 2. The molecule has 0 radical (unpaired) electrons. The molecule has 2 aliphatic heterocycles. The van der Waals surface area contributed by atoms with E-state index in [4.69, 9.17) is 4.74 Å². The van der Waals surface area contributed by atoms with E-state index in [1.54, 1.807) is 11.0 Å². The zero-order chi connectivity index (χ0) is 26.5. The number of rotatable bonds is 6. The van der Waals surface area contributed by atoms with Gasteiger partial charge in [-0.2, -0.15) is 5.26 Å². The zero-order valence-electron chi connectivity index (χ0n) is 21.2. The first-order valence-corrected chi connectivity index (χ1v) is 13.1. The second-order valence-corrected chi connectivity index (χ2v) is 9.89. The Kier molecular flexibility index (Phi) is 7.79. The van der Waals surface area contributed by atoms with Crippen molar-refractivity contribution in [2.75, 3.05) is 41.8 Å². The first-order chi connectivity index (χ1) is 18.6. The van der Waals surface area contributed by atoms with Gasteiger partial charge in [0.25, 0.3) is 0 Å². The number of fused-ring (bicyclic) bond motifs is 1. The number of aryl methyl sites for hydroxylation is 1. The molecule has 11 nitrogen and oxygen atoms in total. The number of anilines is 3. The van der Waals surface area contributed by atoms with Gasteiger partial charge in [0.2, 0.25) is 5.91 Å². The van der Waals surface area contributed by atoms with Gasteiger partial charge in [-0.3, -0.25) is 19.8 Å². The highest BCUT2D eigenvalue weighted by atomic mass is 16.5. The van der Waals surface area contributed by atoms with E-state index in [1.807, 2.05) is 6.07 Å². The molecule has 0 aromatic carbocycles. The minimum absolute atomic E-state index is 0.0318. The first kappa shape index (κ1) is 25.6. The topological polar surface area (TPSA) is 141 Å². The van der Waals surface area contributed by atoms with Gasteiger partial charge in [0.05, 0.1) is 11.3 Å². The third-order valence-corrected chi connectivity index (χ3v) is 7.26. The van der Waals surface area contributed by atoms with E-state index in [1.165, 1.54) is 11.1 Å². The molecule has 2 aromatic heterocycles. The molecule has 1 saturated carbocycles. The molecular weight excluding hydrogens is 486 g/mol. The van der Waals surface area contributed by atoms with Gasteiger partial charge in [0, 0.05) is 50.1 Å². The lowest BCUT2D eigenvalue weighted by Crippen LogP contribution is -2.40. The molecule has 0 bridgehead atoms. The Bertz CT molecular complexity index is 1270. The lowest BCUT2D eigenvalue weighted by molar-refractivity contribution is -0.134. The number of amides is 3. The van der Waals surface area contributed by atoms with E-state index in [0.717, 1.165) is 44.1 Å². The number of aldehydes is 1. The summed E-state index contributed by atoms with van der Waals surface area (Å²) < 4.78 is 5.31. The van der Waals surface area contributed by atoms with E-state index >= 15 is 0 Å². The van der Waals surface area contributed by atoms with E-state index in [2.05, 4.69) is 26.7 Å². The first-order valence-electron chi connectivity index (χ1n) is 13.1. The summed E-state index contributed by atoms with van der Waals surface area (Å²) in [5, 5.41) is 15.7. The lowest BCUT2D eigenvalue weighted by Gasteiger charge is -2.30. The number of nitriles is 1. The highest BCUT2D eigenvalue weighted by Gasteiger charge is 2.28. The second kappa shape index (κ2) is 11.6. The average molecular weight is 518 g/mol. The Hall–Kier alpha value is -4.04. The standard InChI is InChI=1S/C27H31N7O4/c28-13-20-14-29-24(12-22(20)30-21-6-1-2-7-21)32-27(37)34-9-3-5-18-11-19(23(16-35)31-26(18)34)15-33-8-4-10-38-17-25(33)36/h11-12,14,16,21H,1-10,15,17H2,(H2,29,30,32,37). The van der Waals surface area contributed by atoms with E-state index in [9.17, 15) is 19.6 Å². The van der Waals surface area contributed by atoms with E-state index in [-0.39, 0.29) is 24.8 Å². The molecule has 2 N–H and O–H groups in total. The number of aromatic nitrogens is 2. The molecular formula is C27H31N7O4. The van der Waals surface area contributed by atoms with Crippen molar-refractivity contribution in [3.8, 4) is 6.07 Å². The molecule has 1 aliphatic carbocycles. The molecule has 2 aromatic rings. The van der Waals surface area contributed by atoms with Crippen molar-refractivity contribution < 1.29 is 19.1 Å². The van der Waals surface area contributed by atoms with Gasteiger partial charge in [-0.1, -0.05) is 12.8 Å². The molecule has 4 heterocycles. The summed E-state index contributed by atoms with van der Waals surface area (Å²) in [5.74, 6) is 0.647. The molecule has 3 amide bonds. The quantitative estimate of drug-likeness (QED) is 0.557. The second-order valence-electron chi connectivity index (χ2n) is 9.89. The van der Waals surface area contributed by atoms with Gasteiger partial charge in [0.15, 0.2) is 6.29 Å². The average Bonchev–Trinajstić information content (AvgIpc) is 3.36. The van der Waals surface area contributed by atoms with E-state index < -0.39 is 6.03 Å². The fraction of sp³-hybridized carbons (Fsp3) is 0.481. The Morgan fingerprint density at radius 3 is 2.84 bits per heavy atom. The Morgan fingerprint density at radius 2 is 2.05 bits per heavy atom. The number of carbonyl (C=O) groups excluding carboxylic acids is 3. The van der Waals surface area contributed by atoms with Crippen molar-refractivity contribution in [1.29, 1.82) is 5.26 Å². The van der Waals surface area contributed by atoms with Crippen LogP contribution in [0.15, 0.2) is 18.3 Å². The van der Waals surface area contributed by atoms with Crippen LogP contribution >= 0.6 is 0 Å². The van der Waals surface area contributed by atoms with Crippen molar-refractivity contribution in [3.05, 3.63) is 40.7 Å². The van der Waals surface area contributed by atoms with Gasteiger partial charge in [-0.15, -0.1) is 0 Å². The summed E-state index contributed by atoms with van der Waals surface area (Å²) in [6, 6.07) is 5.62. The summed E-state index contributed by atoms with van der Waals surface area (Å²) in [6.45, 7) is 1.83. The largest absolute Gasteiger partial charge is 0.381 e. The SMILES string of the molecule is N#Cc1cnc(NC(=O)N2CCCc3cc(CN4CCCOCC4=O)c(C=O)nc32)cc1NC1CCCC1. The monoisotopic (exact) mass is 517 g/mol. The third-order valence-electron chi connectivity index (χ3n) is 7.26. The highest BCUT2D eigenvalue weighted by Crippen LogP contribution is 2.29. The van der Waals surface area contributed by atoms with Crippen molar-refractivity contribution >= 4 is 35.5 Å². The van der Waals surface area contributed by atoms with E-state index in [0.29, 0.717) is 66.9 Å². The van der Waals surface area contributed by atoms with Crippen LogP contribution in [0.25, 0.3) is 0 Å². The van der Waals surface area contributed by atoms with Crippen LogP contribution in [0.4, 0.5) is 22.1 Å². The minimum atomic E-state index is -0.410. The van der Waals surface area contributed by atoms with Crippen LogP contribution in [0.1, 0.15) is 65.7 Å². The minimum Gasteiger partial charge on any atom is -0.381 e. The molecule has 5 rings (SSSR count). The third kappa shape index (κ3) is 5.60. The van der Waals surface area contributed by atoms with Crippen molar-refractivity contribution in [2.24, 2.45) is 0 Å². The fourth-order valence-corrected chi connectivity index (χ4v) is 5.29. The lowest BCUT2D eigenvalue weighted by atomic mass is 10.0. The molecule has 38 heavy (non-hydrogen) atoms. The van der Waals surface area contributed by atoms with Crippen LogP contribution < -0.4 is 15.5 Å². The maximum atomic E-state index is 13.3. The molecule has 1 saturated heterocycles. The van der Waals surface area contributed by atoms with Gasteiger partial charge in [0.1, 0.15) is 30.0 Å². The van der Waals surface area contributed by atoms with Crippen LogP contribution in [0.3, 0.4) is 0 Å². The molecule has 2 fully saturated rings. The van der Waals surface area contributed by atoms with Crippen LogP contribution in [0.5, 0.6) is 0 Å². The maximum absolute atomic E-state index is 13.3. The van der Waals surface area contributed by atoms with Gasteiger partial charge >= 0.3 is 6.03 Å². The summed E-state index contributed by atoms with van der Waals surface area (Å²) >= 11 is 0. The fourth-order valence-electron chi connectivity index (χ4n) is 5.29. The van der Waals surface area contributed by atoms with Gasteiger partial charge in [-0.25, -0.2) is 14.8 Å². The van der Waals surface area contributed by atoms with Crippen LogP contribution in [0.2, 0.25) is 0 Å². The molecule has 0 spiro atoms. The number of hydrogen-bond acceptors (Lipinski definition) is 8. The summed E-state index contributed by atoms with van der Waals surface area (Å²) in [7, 11) is 0. The van der Waals surface area contributed by atoms with Crippen LogP contribution in [-0.4, -0.2) is 65.4 Å². The predicted octanol–water partition coefficient (Wildman–Crippen LogP) is 3.25. The summed E-state index contributed by atoms with van der Waals surface area (Å²) in [4.78, 5) is 49.7. The predicted molar refractivity (Wildman–Crippen MR) is 140 cm³/mol. The number of hydrogen-bond donors (Lipinski definition) is 2. The normalized spacial score (nSPS) is 17.9. The number of urea groups is 1. The summed E-state index contributed by atoms with van der Waals surface area (Å²) in [6.07, 6.45) is 8.70. The van der Waals surface area contributed by atoms with Crippen molar-refractivity contribution in [2.45, 2.75) is 57.5 Å². The van der Waals surface area contributed by atoms with Crippen LogP contribution in [-0.2, 0) is 22.5 Å². The zero-order valence-corrected chi connectivity index (χ0v) is 21.2. The van der Waals surface area contributed by atoms with Crippen molar-refractivity contribution in [3.63, 3.8) is 0 Å². The Balaban J connectivity index is 1.35.